The number of hydrogen-bond acceptors (Lipinski definition) is 2. The molecule has 2 N–H and O–H groups in total. The van der Waals surface area contributed by atoms with Gasteiger partial charge in [0.25, 0.3) is 0 Å². The van der Waals surface area contributed by atoms with Gasteiger partial charge in [-0.1, -0.05) is 24.6 Å². The Bertz CT molecular complexity index is 418. The molecule has 4 heteroatoms. The quantitative estimate of drug-likeness (QED) is 0.912. The highest BCUT2D eigenvalue weighted by atomic mass is 35.5. The summed E-state index contributed by atoms with van der Waals surface area (Å²) in [6.45, 7) is 4.75. The smallest absolute Gasteiger partial charge is 0.129 e. The Morgan fingerprint density at radius 2 is 2.21 bits per heavy atom. The lowest BCUT2D eigenvalue weighted by Gasteiger charge is -2.36. The molecule has 19 heavy (non-hydrogen) atoms. The van der Waals surface area contributed by atoms with E-state index in [1.165, 1.54) is 6.07 Å². The SMILES string of the molecule is CCC1CCC(C)N1C(CN)c1c(F)cccc1Cl. The number of likely N-dealkylation sites (tertiary alicyclic amines) is 1. The lowest BCUT2D eigenvalue weighted by molar-refractivity contribution is 0.134. The van der Waals surface area contributed by atoms with Gasteiger partial charge in [0, 0.05) is 29.2 Å². The Kier molecular flexibility index (Phi) is 4.82. The molecule has 1 aliphatic rings. The predicted octanol–water partition coefficient (Wildman–Crippen LogP) is 3.74. The largest absolute Gasteiger partial charge is 0.329 e. The molecule has 1 aromatic carbocycles. The molecule has 1 fully saturated rings. The van der Waals surface area contributed by atoms with E-state index in [9.17, 15) is 4.39 Å². The predicted molar refractivity (Wildman–Crippen MR) is 77.8 cm³/mol. The molecule has 1 saturated heterocycles. The van der Waals surface area contributed by atoms with E-state index >= 15 is 0 Å². The van der Waals surface area contributed by atoms with E-state index < -0.39 is 0 Å². The Hall–Kier alpha value is -0.640. The zero-order valence-corrected chi connectivity index (χ0v) is 12.3. The average molecular weight is 285 g/mol. The maximum atomic E-state index is 14.1. The second kappa shape index (κ2) is 6.21. The number of benzene rings is 1. The van der Waals surface area contributed by atoms with Crippen molar-refractivity contribution in [2.24, 2.45) is 5.73 Å². The van der Waals surface area contributed by atoms with Crippen LogP contribution in [0.5, 0.6) is 0 Å². The van der Waals surface area contributed by atoms with Gasteiger partial charge in [0.15, 0.2) is 0 Å². The molecule has 0 bridgehead atoms. The molecular weight excluding hydrogens is 263 g/mol. The second-order valence-corrected chi connectivity index (χ2v) is 5.73. The van der Waals surface area contributed by atoms with Crippen LogP contribution in [0.4, 0.5) is 4.39 Å². The lowest BCUT2D eigenvalue weighted by atomic mass is 10.0. The van der Waals surface area contributed by atoms with Gasteiger partial charge in [-0.05, 0) is 38.3 Å². The minimum Gasteiger partial charge on any atom is -0.329 e. The Morgan fingerprint density at radius 3 is 2.79 bits per heavy atom. The molecule has 1 aliphatic heterocycles. The summed E-state index contributed by atoms with van der Waals surface area (Å²) in [4.78, 5) is 2.35. The molecule has 106 valence electrons. The lowest BCUT2D eigenvalue weighted by Crippen LogP contribution is -2.41. The number of rotatable bonds is 4. The third kappa shape index (κ3) is 2.78. The summed E-state index contributed by atoms with van der Waals surface area (Å²) in [6, 6.07) is 5.61. The summed E-state index contributed by atoms with van der Waals surface area (Å²) in [5.41, 5.74) is 6.49. The molecule has 3 atom stereocenters. The summed E-state index contributed by atoms with van der Waals surface area (Å²) in [6.07, 6.45) is 3.36. The van der Waals surface area contributed by atoms with Gasteiger partial charge >= 0.3 is 0 Å². The fraction of sp³-hybridized carbons (Fsp3) is 0.600. The molecule has 0 aromatic heterocycles. The van der Waals surface area contributed by atoms with E-state index in [-0.39, 0.29) is 11.9 Å². The molecule has 1 aromatic rings. The second-order valence-electron chi connectivity index (χ2n) is 5.32. The highest BCUT2D eigenvalue weighted by molar-refractivity contribution is 6.31. The van der Waals surface area contributed by atoms with Crippen molar-refractivity contribution >= 4 is 11.6 Å². The fourth-order valence-corrected chi connectivity index (χ4v) is 3.57. The van der Waals surface area contributed by atoms with Crippen LogP contribution in [0, 0.1) is 5.82 Å². The molecule has 0 amide bonds. The zero-order valence-electron chi connectivity index (χ0n) is 11.6. The Morgan fingerprint density at radius 1 is 1.47 bits per heavy atom. The molecule has 3 unspecified atom stereocenters. The van der Waals surface area contributed by atoms with E-state index in [1.807, 2.05) is 0 Å². The van der Waals surface area contributed by atoms with Gasteiger partial charge in [0.1, 0.15) is 5.82 Å². The topological polar surface area (TPSA) is 29.3 Å². The van der Waals surface area contributed by atoms with Crippen LogP contribution in [-0.4, -0.2) is 23.5 Å². The Labute approximate surface area is 119 Å². The van der Waals surface area contributed by atoms with Crippen molar-refractivity contribution in [3.05, 3.63) is 34.6 Å². The molecule has 0 saturated carbocycles. The van der Waals surface area contributed by atoms with E-state index in [4.69, 9.17) is 17.3 Å². The van der Waals surface area contributed by atoms with Gasteiger partial charge in [0.05, 0.1) is 6.04 Å². The van der Waals surface area contributed by atoms with E-state index in [2.05, 4.69) is 18.7 Å². The van der Waals surface area contributed by atoms with Crippen LogP contribution in [0.15, 0.2) is 18.2 Å². The Balaban J connectivity index is 2.39. The van der Waals surface area contributed by atoms with Gasteiger partial charge in [-0.15, -0.1) is 0 Å². The first kappa shape index (κ1) is 14.8. The van der Waals surface area contributed by atoms with Gasteiger partial charge < -0.3 is 5.73 Å². The zero-order chi connectivity index (χ0) is 14.0. The first-order valence-electron chi connectivity index (χ1n) is 7.01. The van der Waals surface area contributed by atoms with Crippen molar-refractivity contribution in [2.45, 2.75) is 51.2 Å². The summed E-state index contributed by atoms with van der Waals surface area (Å²) in [5.74, 6) is -0.253. The standard InChI is InChI=1S/C15H22ClFN2/c1-3-11-8-7-10(2)19(11)14(9-18)15-12(16)5-4-6-13(15)17/h4-6,10-11,14H,3,7-9,18H2,1-2H3. The number of hydrogen-bond donors (Lipinski definition) is 1. The van der Waals surface area contributed by atoms with Crippen molar-refractivity contribution < 1.29 is 4.39 Å². The number of nitrogens with two attached hydrogens (primary N) is 1. The minimum atomic E-state index is -0.253. The van der Waals surface area contributed by atoms with Crippen LogP contribution in [0.2, 0.25) is 5.02 Å². The first-order valence-corrected chi connectivity index (χ1v) is 7.39. The summed E-state index contributed by atoms with van der Waals surface area (Å²) in [7, 11) is 0. The van der Waals surface area contributed by atoms with Gasteiger partial charge in [-0.3, -0.25) is 4.90 Å². The van der Waals surface area contributed by atoms with Crippen molar-refractivity contribution in [2.75, 3.05) is 6.54 Å². The monoisotopic (exact) mass is 284 g/mol. The van der Waals surface area contributed by atoms with Crippen LogP contribution >= 0.6 is 11.6 Å². The van der Waals surface area contributed by atoms with Gasteiger partial charge in [-0.25, -0.2) is 4.39 Å². The number of halogens is 2. The third-order valence-electron chi connectivity index (χ3n) is 4.24. The van der Waals surface area contributed by atoms with Crippen molar-refractivity contribution in [3.63, 3.8) is 0 Å². The van der Waals surface area contributed by atoms with Crippen LogP contribution in [0.25, 0.3) is 0 Å². The average Bonchev–Trinajstić information content (AvgIpc) is 2.75. The summed E-state index contributed by atoms with van der Waals surface area (Å²) in [5, 5.41) is 0.476. The molecular formula is C15H22ClFN2. The molecule has 0 aliphatic carbocycles. The molecule has 1 heterocycles. The van der Waals surface area contributed by atoms with Crippen molar-refractivity contribution in [1.82, 2.24) is 4.90 Å². The van der Waals surface area contributed by atoms with Gasteiger partial charge in [0.2, 0.25) is 0 Å². The van der Waals surface area contributed by atoms with E-state index in [1.54, 1.807) is 12.1 Å². The number of nitrogens with zero attached hydrogens (tertiary/aromatic N) is 1. The van der Waals surface area contributed by atoms with E-state index in [0.717, 1.165) is 19.3 Å². The fourth-order valence-electron chi connectivity index (χ4n) is 3.29. The maximum Gasteiger partial charge on any atom is 0.129 e. The molecule has 2 nitrogen and oxygen atoms in total. The van der Waals surface area contributed by atoms with Crippen LogP contribution in [0.1, 0.15) is 44.7 Å². The summed E-state index contributed by atoms with van der Waals surface area (Å²) >= 11 is 6.20. The van der Waals surface area contributed by atoms with E-state index in [0.29, 0.717) is 29.2 Å². The van der Waals surface area contributed by atoms with Crippen molar-refractivity contribution in [1.29, 1.82) is 0 Å². The van der Waals surface area contributed by atoms with Crippen molar-refractivity contribution in [3.8, 4) is 0 Å². The highest BCUT2D eigenvalue weighted by Crippen LogP contribution is 2.37. The summed E-state index contributed by atoms with van der Waals surface area (Å²) < 4.78 is 14.1. The molecule has 0 radical (unpaired) electrons. The maximum absolute atomic E-state index is 14.1. The van der Waals surface area contributed by atoms with Crippen LogP contribution in [0.3, 0.4) is 0 Å². The van der Waals surface area contributed by atoms with Crippen LogP contribution < -0.4 is 5.73 Å². The molecule has 0 spiro atoms. The van der Waals surface area contributed by atoms with Gasteiger partial charge in [-0.2, -0.15) is 0 Å². The molecule has 2 rings (SSSR count). The van der Waals surface area contributed by atoms with Crippen LogP contribution in [-0.2, 0) is 0 Å². The highest BCUT2D eigenvalue weighted by Gasteiger charge is 2.36. The first-order chi connectivity index (χ1) is 9.10. The minimum absolute atomic E-state index is 0.129. The normalized spacial score (nSPS) is 25.7. The third-order valence-corrected chi connectivity index (χ3v) is 4.57.